The van der Waals surface area contributed by atoms with Gasteiger partial charge in [-0.3, -0.25) is 9.59 Å². The van der Waals surface area contributed by atoms with E-state index in [0.717, 1.165) is 5.56 Å². The van der Waals surface area contributed by atoms with E-state index in [1.807, 2.05) is 13.0 Å². The van der Waals surface area contributed by atoms with Crippen LogP contribution in [0.5, 0.6) is 5.75 Å². The summed E-state index contributed by atoms with van der Waals surface area (Å²) in [6.45, 7) is 3.48. The number of aryl methyl sites for hydroxylation is 1. The van der Waals surface area contributed by atoms with Crippen LogP contribution in [0.1, 0.15) is 15.9 Å². The van der Waals surface area contributed by atoms with Gasteiger partial charge >= 0.3 is 0 Å². The maximum absolute atomic E-state index is 12.4. The van der Waals surface area contributed by atoms with Gasteiger partial charge in [0.05, 0.1) is 11.7 Å². The Bertz CT molecular complexity index is 576. The zero-order valence-corrected chi connectivity index (χ0v) is 13.5. The maximum Gasteiger partial charge on any atom is 0.255 e. The molecule has 1 aliphatic heterocycles. The second-order valence-corrected chi connectivity index (χ2v) is 5.55. The average molecular weight is 321 g/mol. The number of nitrogens with two attached hydrogens (primary N) is 1. The van der Waals surface area contributed by atoms with Crippen molar-refractivity contribution >= 4 is 11.8 Å². The lowest BCUT2D eigenvalue weighted by atomic mass is 10.1. The van der Waals surface area contributed by atoms with E-state index in [9.17, 15) is 9.59 Å². The third kappa shape index (κ3) is 4.67. The molecule has 3 N–H and O–H groups in total. The molecule has 1 atom stereocenters. The molecule has 1 saturated heterocycles. The van der Waals surface area contributed by atoms with E-state index in [4.69, 9.17) is 15.2 Å². The monoisotopic (exact) mass is 321 g/mol. The highest BCUT2D eigenvalue weighted by Gasteiger charge is 2.24. The van der Waals surface area contributed by atoms with Gasteiger partial charge in [-0.15, -0.1) is 0 Å². The minimum atomic E-state index is -0.233. The molecule has 1 aromatic carbocycles. The number of amides is 2. The zero-order valence-electron chi connectivity index (χ0n) is 13.5. The Labute approximate surface area is 135 Å². The first-order chi connectivity index (χ1) is 11.0. The number of hydrogen-bond donors (Lipinski definition) is 2. The number of carbonyl (C=O) groups is 2. The minimum Gasteiger partial charge on any atom is -0.491 e. The molecule has 0 radical (unpaired) electrons. The largest absolute Gasteiger partial charge is 0.491 e. The van der Waals surface area contributed by atoms with E-state index in [1.165, 1.54) is 0 Å². The van der Waals surface area contributed by atoms with Gasteiger partial charge in [0.2, 0.25) is 5.91 Å². The molecule has 1 fully saturated rings. The van der Waals surface area contributed by atoms with Crippen molar-refractivity contribution in [1.82, 2.24) is 10.2 Å². The number of benzene rings is 1. The van der Waals surface area contributed by atoms with E-state index in [-0.39, 0.29) is 24.5 Å². The highest BCUT2D eigenvalue weighted by Crippen LogP contribution is 2.20. The topological polar surface area (TPSA) is 93.9 Å². The molecule has 2 amide bonds. The van der Waals surface area contributed by atoms with Crippen LogP contribution in [-0.4, -0.2) is 62.7 Å². The van der Waals surface area contributed by atoms with Crippen LogP contribution in [0.25, 0.3) is 0 Å². The molecule has 0 unspecified atom stereocenters. The lowest BCUT2D eigenvalue weighted by molar-refractivity contribution is -0.146. The van der Waals surface area contributed by atoms with Crippen molar-refractivity contribution in [3.05, 3.63) is 29.3 Å². The predicted octanol–water partition coefficient (Wildman–Crippen LogP) is -0.0805. The highest BCUT2D eigenvalue weighted by atomic mass is 16.5. The quantitative estimate of drug-likeness (QED) is 0.764. The van der Waals surface area contributed by atoms with Crippen LogP contribution < -0.4 is 15.8 Å². The van der Waals surface area contributed by atoms with Crippen LogP contribution in [0.2, 0.25) is 0 Å². The van der Waals surface area contributed by atoms with Crippen LogP contribution in [0.15, 0.2) is 18.2 Å². The molecule has 0 bridgehead atoms. The van der Waals surface area contributed by atoms with Crippen LogP contribution in [0.3, 0.4) is 0 Å². The number of rotatable bonds is 6. The summed E-state index contributed by atoms with van der Waals surface area (Å²) in [5.74, 6) is 0.225. The summed E-state index contributed by atoms with van der Waals surface area (Å²) in [6.07, 6.45) is -0.208. The molecule has 1 heterocycles. The number of nitrogens with zero attached hydrogens (tertiary/aromatic N) is 1. The molecule has 1 aromatic rings. The van der Waals surface area contributed by atoms with E-state index in [2.05, 4.69) is 5.32 Å². The highest BCUT2D eigenvalue weighted by molar-refractivity contribution is 5.97. The first-order valence-electron chi connectivity index (χ1n) is 7.58. The summed E-state index contributed by atoms with van der Waals surface area (Å²) >= 11 is 0. The van der Waals surface area contributed by atoms with Crippen molar-refractivity contribution in [2.45, 2.75) is 13.0 Å². The number of carbonyl (C=O) groups excluding carboxylic acids is 2. The first-order valence-corrected chi connectivity index (χ1v) is 7.58. The lowest BCUT2D eigenvalue weighted by Gasteiger charge is -2.30. The molecule has 7 nitrogen and oxygen atoms in total. The van der Waals surface area contributed by atoms with Crippen LogP contribution in [0, 0.1) is 6.92 Å². The average Bonchev–Trinajstić information content (AvgIpc) is 2.54. The van der Waals surface area contributed by atoms with Gasteiger partial charge in [0.15, 0.2) is 0 Å². The summed E-state index contributed by atoms with van der Waals surface area (Å²) < 4.78 is 10.9. The molecule has 0 aromatic heterocycles. The third-order valence-corrected chi connectivity index (χ3v) is 3.59. The molecular formula is C16H23N3O4. The van der Waals surface area contributed by atoms with E-state index in [1.54, 1.807) is 24.1 Å². The van der Waals surface area contributed by atoms with Gasteiger partial charge in [-0.25, -0.2) is 0 Å². The molecule has 0 aliphatic carbocycles. The van der Waals surface area contributed by atoms with Gasteiger partial charge in [0.1, 0.15) is 19.0 Å². The Morgan fingerprint density at radius 1 is 1.52 bits per heavy atom. The molecule has 23 heavy (non-hydrogen) atoms. The fourth-order valence-corrected chi connectivity index (χ4v) is 2.30. The maximum atomic E-state index is 12.4. The minimum absolute atomic E-state index is 0.0480. The number of likely N-dealkylation sites (N-methyl/N-ethyl adjacent to an activating group) is 1. The van der Waals surface area contributed by atoms with Crippen molar-refractivity contribution in [1.29, 1.82) is 0 Å². The molecule has 126 valence electrons. The normalized spacial score (nSPS) is 18.0. The Hall–Kier alpha value is -2.12. The number of nitrogens with one attached hydrogen (secondary N) is 1. The number of ether oxygens (including phenoxy) is 2. The summed E-state index contributed by atoms with van der Waals surface area (Å²) in [5.41, 5.74) is 6.88. The number of hydrogen-bond acceptors (Lipinski definition) is 5. The summed E-state index contributed by atoms with van der Waals surface area (Å²) in [4.78, 5) is 25.4. The van der Waals surface area contributed by atoms with Gasteiger partial charge in [-0.05, 0) is 19.1 Å². The Kier molecular flexibility index (Phi) is 5.95. The summed E-state index contributed by atoms with van der Waals surface area (Å²) in [5, 5.41) is 2.83. The van der Waals surface area contributed by atoms with Gasteiger partial charge in [0, 0.05) is 26.7 Å². The third-order valence-electron chi connectivity index (χ3n) is 3.59. The first kappa shape index (κ1) is 17.2. The van der Waals surface area contributed by atoms with Gasteiger partial charge in [0.25, 0.3) is 5.91 Å². The van der Waals surface area contributed by atoms with Crippen LogP contribution >= 0.6 is 0 Å². The van der Waals surface area contributed by atoms with Crippen LogP contribution in [-0.2, 0) is 9.53 Å². The van der Waals surface area contributed by atoms with Crippen molar-refractivity contribution in [3.63, 3.8) is 0 Å². The second-order valence-electron chi connectivity index (χ2n) is 5.55. The predicted molar refractivity (Wildman–Crippen MR) is 85.4 cm³/mol. The Balaban J connectivity index is 1.97. The van der Waals surface area contributed by atoms with E-state index >= 15 is 0 Å². The molecular weight excluding hydrogens is 298 g/mol. The van der Waals surface area contributed by atoms with E-state index in [0.29, 0.717) is 37.6 Å². The summed E-state index contributed by atoms with van der Waals surface area (Å²) in [6, 6.07) is 5.43. The van der Waals surface area contributed by atoms with Crippen LogP contribution in [0.4, 0.5) is 0 Å². The molecule has 1 aliphatic rings. The zero-order chi connectivity index (χ0) is 16.8. The Morgan fingerprint density at radius 3 is 3.00 bits per heavy atom. The molecule has 0 saturated carbocycles. The van der Waals surface area contributed by atoms with Crippen molar-refractivity contribution in [2.24, 2.45) is 5.73 Å². The van der Waals surface area contributed by atoms with Crippen molar-refractivity contribution in [3.8, 4) is 5.75 Å². The summed E-state index contributed by atoms with van der Waals surface area (Å²) in [7, 11) is 1.72. The number of morpholine rings is 1. The fraction of sp³-hybridized carbons (Fsp3) is 0.500. The molecule has 7 heteroatoms. The van der Waals surface area contributed by atoms with Crippen molar-refractivity contribution < 1.29 is 19.1 Å². The lowest BCUT2D eigenvalue weighted by Crippen LogP contribution is -2.48. The van der Waals surface area contributed by atoms with E-state index < -0.39 is 0 Å². The Morgan fingerprint density at radius 2 is 2.30 bits per heavy atom. The van der Waals surface area contributed by atoms with Gasteiger partial charge < -0.3 is 25.4 Å². The smallest absolute Gasteiger partial charge is 0.255 e. The van der Waals surface area contributed by atoms with Crippen molar-refractivity contribution in [2.75, 3.05) is 39.9 Å². The molecule has 0 spiro atoms. The SMILES string of the molecule is Cc1ccc(OCCN)c(C(=O)NC[C@@H]2CN(C)C(=O)CO2)c1. The molecule has 2 rings (SSSR count). The standard InChI is InChI=1S/C16H23N3O4/c1-11-3-4-14(22-6-5-17)13(7-11)16(21)18-8-12-9-19(2)15(20)10-23-12/h3-4,7,12H,5-6,8-10,17H2,1-2H3,(H,18,21)/t12-/m1/s1. The van der Waals surface area contributed by atoms with Gasteiger partial charge in [-0.1, -0.05) is 11.6 Å². The second kappa shape index (κ2) is 7.94. The fourth-order valence-electron chi connectivity index (χ4n) is 2.30. The van der Waals surface area contributed by atoms with Gasteiger partial charge in [-0.2, -0.15) is 0 Å².